The SMILES string of the molecule is CC1(Nc2nc(Cl)ncc2[N+](=O)[O-])CCCOC1. The number of ether oxygens (including phenoxy) is 1. The molecule has 1 fully saturated rings. The second-order valence-electron chi connectivity index (χ2n) is 4.47. The predicted octanol–water partition coefficient (Wildman–Crippen LogP) is 2.02. The van der Waals surface area contributed by atoms with Crippen LogP contribution in [0.15, 0.2) is 6.20 Å². The summed E-state index contributed by atoms with van der Waals surface area (Å²) in [5.74, 6) is 0.132. The van der Waals surface area contributed by atoms with Gasteiger partial charge in [-0.2, -0.15) is 4.98 Å². The Kier molecular flexibility index (Phi) is 3.63. The molecular weight excluding hydrogens is 260 g/mol. The molecule has 0 saturated carbocycles. The number of nitro groups is 1. The Hall–Kier alpha value is -1.47. The first-order valence-corrected chi connectivity index (χ1v) is 5.91. The molecule has 2 heterocycles. The summed E-state index contributed by atoms with van der Waals surface area (Å²) in [6.45, 7) is 3.13. The van der Waals surface area contributed by atoms with Gasteiger partial charge in [-0.3, -0.25) is 10.1 Å². The minimum absolute atomic E-state index is 0.0246. The number of nitrogens with zero attached hydrogens (tertiary/aromatic N) is 3. The molecule has 1 aliphatic heterocycles. The van der Waals surface area contributed by atoms with E-state index in [2.05, 4.69) is 15.3 Å². The molecule has 0 bridgehead atoms. The fraction of sp³-hybridized carbons (Fsp3) is 0.600. The van der Waals surface area contributed by atoms with Crippen LogP contribution in [-0.2, 0) is 4.74 Å². The molecule has 1 aromatic heterocycles. The minimum atomic E-state index is -0.536. The molecule has 1 atom stereocenters. The van der Waals surface area contributed by atoms with E-state index >= 15 is 0 Å². The van der Waals surface area contributed by atoms with Crippen LogP contribution in [0.4, 0.5) is 11.5 Å². The molecule has 1 unspecified atom stereocenters. The van der Waals surface area contributed by atoms with E-state index in [1.807, 2.05) is 6.92 Å². The minimum Gasteiger partial charge on any atom is -0.379 e. The average molecular weight is 273 g/mol. The summed E-state index contributed by atoms with van der Waals surface area (Å²) in [6, 6.07) is 0. The number of nitrogens with one attached hydrogen (secondary N) is 1. The molecule has 1 aliphatic rings. The van der Waals surface area contributed by atoms with Crippen LogP contribution < -0.4 is 5.32 Å². The number of aromatic nitrogens is 2. The molecule has 8 heteroatoms. The smallest absolute Gasteiger partial charge is 0.329 e. The quantitative estimate of drug-likeness (QED) is 0.514. The number of hydrogen-bond donors (Lipinski definition) is 1. The maximum absolute atomic E-state index is 10.9. The zero-order valence-electron chi connectivity index (χ0n) is 9.85. The molecule has 1 saturated heterocycles. The number of anilines is 1. The number of halogens is 1. The van der Waals surface area contributed by atoms with Crippen LogP contribution in [0.1, 0.15) is 19.8 Å². The van der Waals surface area contributed by atoms with Gasteiger partial charge in [-0.15, -0.1) is 0 Å². The van der Waals surface area contributed by atoms with E-state index in [0.717, 1.165) is 19.0 Å². The predicted molar refractivity (Wildman–Crippen MR) is 65.8 cm³/mol. The number of rotatable bonds is 3. The van der Waals surface area contributed by atoms with E-state index in [1.54, 1.807) is 0 Å². The second kappa shape index (κ2) is 5.03. The molecule has 7 nitrogen and oxygen atoms in total. The Bertz CT molecular complexity index is 462. The summed E-state index contributed by atoms with van der Waals surface area (Å²) in [6.07, 6.45) is 2.85. The van der Waals surface area contributed by atoms with Gasteiger partial charge in [0.15, 0.2) is 0 Å². The standard InChI is InChI=1S/C10H13ClN4O3/c1-10(3-2-4-18-6-10)14-8-7(15(16)17)5-12-9(11)13-8/h5H,2-4,6H2,1H3,(H,12,13,14). The van der Waals surface area contributed by atoms with Crippen molar-refractivity contribution in [2.45, 2.75) is 25.3 Å². The molecule has 18 heavy (non-hydrogen) atoms. The zero-order valence-corrected chi connectivity index (χ0v) is 10.6. The van der Waals surface area contributed by atoms with E-state index < -0.39 is 4.92 Å². The van der Waals surface area contributed by atoms with Crippen molar-refractivity contribution < 1.29 is 9.66 Å². The van der Waals surface area contributed by atoms with Crippen molar-refractivity contribution in [3.63, 3.8) is 0 Å². The summed E-state index contributed by atoms with van der Waals surface area (Å²) in [7, 11) is 0. The third-order valence-electron chi connectivity index (χ3n) is 2.79. The van der Waals surface area contributed by atoms with Gasteiger partial charge in [-0.25, -0.2) is 4.98 Å². The summed E-state index contributed by atoms with van der Waals surface area (Å²) >= 11 is 5.67. The highest BCUT2D eigenvalue weighted by Crippen LogP contribution is 2.28. The normalized spacial score (nSPS) is 23.7. The van der Waals surface area contributed by atoms with Crippen LogP contribution in [0.3, 0.4) is 0 Å². The fourth-order valence-corrected chi connectivity index (χ4v) is 2.03. The van der Waals surface area contributed by atoms with Crippen molar-refractivity contribution in [3.8, 4) is 0 Å². The Morgan fingerprint density at radius 2 is 2.44 bits per heavy atom. The van der Waals surface area contributed by atoms with Gasteiger partial charge in [0.1, 0.15) is 6.20 Å². The summed E-state index contributed by atoms with van der Waals surface area (Å²) in [5.41, 5.74) is -0.563. The van der Waals surface area contributed by atoms with E-state index in [0.29, 0.717) is 13.2 Å². The first-order chi connectivity index (χ1) is 8.50. The van der Waals surface area contributed by atoms with E-state index in [1.165, 1.54) is 0 Å². The fourth-order valence-electron chi connectivity index (χ4n) is 1.90. The second-order valence-corrected chi connectivity index (χ2v) is 4.81. The van der Waals surface area contributed by atoms with Gasteiger partial charge in [0.2, 0.25) is 11.1 Å². The third kappa shape index (κ3) is 2.85. The number of hydrogen-bond acceptors (Lipinski definition) is 6. The van der Waals surface area contributed by atoms with Gasteiger partial charge in [-0.1, -0.05) is 0 Å². The molecule has 1 N–H and O–H groups in total. The van der Waals surface area contributed by atoms with Crippen LogP contribution in [0.25, 0.3) is 0 Å². The van der Waals surface area contributed by atoms with Crippen LogP contribution in [0.2, 0.25) is 5.28 Å². The molecule has 0 radical (unpaired) electrons. The Morgan fingerprint density at radius 1 is 1.67 bits per heavy atom. The van der Waals surface area contributed by atoms with Gasteiger partial charge in [0.25, 0.3) is 0 Å². The summed E-state index contributed by atoms with van der Waals surface area (Å²) < 4.78 is 5.38. The Labute approximate surface area is 109 Å². The van der Waals surface area contributed by atoms with E-state index in [9.17, 15) is 10.1 Å². The van der Waals surface area contributed by atoms with Gasteiger partial charge in [0.05, 0.1) is 17.1 Å². The molecule has 2 rings (SSSR count). The van der Waals surface area contributed by atoms with Crippen LogP contribution in [0, 0.1) is 10.1 Å². The molecule has 0 amide bonds. The molecule has 98 valence electrons. The highest BCUT2D eigenvalue weighted by Gasteiger charge is 2.31. The van der Waals surface area contributed by atoms with Gasteiger partial charge in [0, 0.05) is 6.61 Å². The maximum atomic E-state index is 10.9. The lowest BCUT2D eigenvalue weighted by Gasteiger charge is -2.34. The molecule has 1 aromatic rings. The van der Waals surface area contributed by atoms with Crippen molar-refractivity contribution >= 4 is 23.1 Å². The van der Waals surface area contributed by atoms with Crippen molar-refractivity contribution in [1.29, 1.82) is 0 Å². The maximum Gasteiger partial charge on any atom is 0.329 e. The van der Waals surface area contributed by atoms with Crippen molar-refractivity contribution in [2.24, 2.45) is 0 Å². The third-order valence-corrected chi connectivity index (χ3v) is 2.98. The summed E-state index contributed by atoms with van der Waals surface area (Å²) in [5, 5.41) is 13.9. The highest BCUT2D eigenvalue weighted by atomic mass is 35.5. The lowest BCUT2D eigenvalue weighted by atomic mass is 9.95. The first kappa shape index (κ1) is 13.0. The molecule has 0 aromatic carbocycles. The Morgan fingerprint density at radius 3 is 3.06 bits per heavy atom. The Balaban J connectivity index is 2.26. The zero-order chi connectivity index (χ0) is 13.2. The largest absolute Gasteiger partial charge is 0.379 e. The van der Waals surface area contributed by atoms with Crippen molar-refractivity contribution in [3.05, 3.63) is 21.6 Å². The van der Waals surface area contributed by atoms with Crippen LogP contribution >= 0.6 is 11.6 Å². The lowest BCUT2D eigenvalue weighted by Crippen LogP contribution is -2.43. The average Bonchev–Trinajstić information content (AvgIpc) is 2.28. The van der Waals surface area contributed by atoms with Crippen molar-refractivity contribution in [1.82, 2.24) is 9.97 Å². The molecule has 0 spiro atoms. The van der Waals surface area contributed by atoms with Gasteiger partial charge >= 0.3 is 5.69 Å². The van der Waals surface area contributed by atoms with E-state index in [-0.39, 0.29) is 22.3 Å². The highest BCUT2D eigenvalue weighted by molar-refractivity contribution is 6.28. The summed E-state index contributed by atoms with van der Waals surface area (Å²) in [4.78, 5) is 17.9. The topological polar surface area (TPSA) is 90.2 Å². The lowest BCUT2D eigenvalue weighted by molar-refractivity contribution is -0.384. The first-order valence-electron chi connectivity index (χ1n) is 5.53. The molecular formula is C10H13ClN4O3. The van der Waals surface area contributed by atoms with Crippen LogP contribution in [-0.4, -0.2) is 33.6 Å². The molecule has 0 aliphatic carbocycles. The van der Waals surface area contributed by atoms with Gasteiger partial charge < -0.3 is 10.1 Å². The van der Waals surface area contributed by atoms with Gasteiger partial charge in [-0.05, 0) is 31.4 Å². The van der Waals surface area contributed by atoms with E-state index in [4.69, 9.17) is 16.3 Å². The monoisotopic (exact) mass is 272 g/mol. The van der Waals surface area contributed by atoms with Crippen molar-refractivity contribution in [2.75, 3.05) is 18.5 Å². The van der Waals surface area contributed by atoms with Crippen LogP contribution in [0.5, 0.6) is 0 Å².